The summed E-state index contributed by atoms with van der Waals surface area (Å²) >= 11 is 0. The fourth-order valence-corrected chi connectivity index (χ4v) is 2.44. The van der Waals surface area contributed by atoms with Gasteiger partial charge in [0.2, 0.25) is 6.79 Å². The number of esters is 2. The monoisotopic (exact) mass is 492 g/mol. The second kappa shape index (κ2) is 18.6. The summed E-state index contributed by atoms with van der Waals surface area (Å²) in [5, 5.41) is 8.63. The van der Waals surface area contributed by atoms with Gasteiger partial charge in [-0.15, -0.1) is 0 Å². The quantitative estimate of drug-likeness (QED) is 0.371. The van der Waals surface area contributed by atoms with E-state index >= 15 is 0 Å². The van der Waals surface area contributed by atoms with Crippen molar-refractivity contribution in [2.75, 3.05) is 13.9 Å². The summed E-state index contributed by atoms with van der Waals surface area (Å²) < 4.78 is 19.8. The molecule has 0 aliphatic carbocycles. The summed E-state index contributed by atoms with van der Waals surface area (Å²) in [7, 11) is 1.40. The minimum atomic E-state index is -0.762. The number of methoxy groups -OCH3 is 1. The number of nitrogens with two attached hydrogens (primary N) is 1. The minimum absolute atomic E-state index is 0.0451. The third kappa shape index (κ3) is 14.1. The van der Waals surface area contributed by atoms with Crippen LogP contribution in [0.1, 0.15) is 63.9 Å². The van der Waals surface area contributed by atoms with Crippen LogP contribution in [0.4, 0.5) is 0 Å². The van der Waals surface area contributed by atoms with Gasteiger partial charge >= 0.3 is 11.9 Å². The van der Waals surface area contributed by atoms with Crippen LogP contribution in [0.2, 0.25) is 0 Å². The molecular weight excluding hydrogens is 456 g/mol. The van der Waals surface area contributed by atoms with E-state index in [9.17, 15) is 14.4 Å². The van der Waals surface area contributed by atoms with E-state index < -0.39 is 11.9 Å². The summed E-state index contributed by atoms with van der Waals surface area (Å²) in [6.45, 7) is 6.85. The lowest BCUT2D eigenvalue weighted by molar-refractivity contribution is -0.149. The number of aromatic hydroxyl groups is 1. The Bertz CT molecular complexity index is 890. The van der Waals surface area contributed by atoms with Gasteiger partial charge in [-0.1, -0.05) is 45.4 Å². The van der Waals surface area contributed by atoms with Gasteiger partial charge in [-0.2, -0.15) is 0 Å². The van der Waals surface area contributed by atoms with Crippen molar-refractivity contribution < 1.29 is 38.4 Å². The highest BCUT2D eigenvalue weighted by atomic mass is 16.7. The summed E-state index contributed by atoms with van der Waals surface area (Å²) in [5.41, 5.74) is 5.04. The number of carbonyl (C=O) groups is 3. The number of amides is 1. The zero-order valence-corrected chi connectivity index (χ0v) is 21.0. The number of rotatable bonds is 10. The second-order valence-electron chi connectivity index (χ2n) is 6.95. The molecule has 1 amide bonds. The van der Waals surface area contributed by atoms with Gasteiger partial charge in [0.1, 0.15) is 11.9 Å². The zero-order valence-electron chi connectivity index (χ0n) is 21.0. The van der Waals surface area contributed by atoms with Crippen LogP contribution in [0.25, 0.3) is 0 Å². The number of pyridine rings is 1. The predicted molar refractivity (Wildman–Crippen MR) is 130 cm³/mol. The number of hydrogen-bond acceptors (Lipinski definition) is 9. The molecule has 1 aromatic carbocycles. The number of para-hydroxylation sites is 1. The Morgan fingerprint density at radius 2 is 1.74 bits per heavy atom. The number of aromatic nitrogens is 1. The molecule has 0 saturated carbocycles. The standard InChI is InChI=1S/C10H12N2O5.C9H18O2.C6H6O/c1-6(13)16-5-17-9-7(15-2)3-4-12-8(9)10(11)14;1-4-7-8(5-2)11-9(10)6-3;7-6-4-2-1-3-5-6/h3-4H,5H2,1-2H3,(H2,11,14);8H,4-7H2,1-3H3;1-5,7H. The lowest BCUT2D eigenvalue weighted by Gasteiger charge is -2.14. The van der Waals surface area contributed by atoms with Gasteiger partial charge in [0, 0.05) is 25.6 Å². The molecule has 0 aliphatic rings. The first-order chi connectivity index (χ1) is 16.7. The highest BCUT2D eigenvalue weighted by Crippen LogP contribution is 2.29. The van der Waals surface area contributed by atoms with Gasteiger partial charge < -0.3 is 29.8 Å². The molecule has 1 heterocycles. The van der Waals surface area contributed by atoms with E-state index in [1.807, 2.05) is 19.9 Å². The summed E-state index contributed by atoms with van der Waals surface area (Å²) in [6.07, 6.45) is 4.99. The fraction of sp³-hybridized carbons (Fsp3) is 0.440. The van der Waals surface area contributed by atoms with E-state index in [1.165, 1.54) is 26.3 Å². The van der Waals surface area contributed by atoms with Crippen molar-refractivity contribution in [3.63, 3.8) is 0 Å². The van der Waals surface area contributed by atoms with E-state index in [1.54, 1.807) is 24.3 Å². The van der Waals surface area contributed by atoms with Gasteiger partial charge in [-0.25, -0.2) is 4.98 Å². The average Bonchev–Trinajstić information content (AvgIpc) is 2.84. The number of hydrogen-bond donors (Lipinski definition) is 2. The summed E-state index contributed by atoms with van der Waals surface area (Å²) in [5.74, 6) is -0.701. The highest BCUT2D eigenvalue weighted by Gasteiger charge is 2.16. The molecule has 10 heteroatoms. The van der Waals surface area contributed by atoms with Crippen molar-refractivity contribution in [3.8, 4) is 17.2 Å². The van der Waals surface area contributed by atoms with Crippen LogP contribution >= 0.6 is 0 Å². The molecule has 0 aliphatic heterocycles. The van der Waals surface area contributed by atoms with E-state index in [4.69, 9.17) is 25.1 Å². The van der Waals surface area contributed by atoms with Gasteiger partial charge in [0.05, 0.1) is 7.11 Å². The molecule has 0 spiro atoms. The van der Waals surface area contributed by atoms with Crippen LogP contribution < -0.4 is 15.2 Å². The van der Waals surface area contributed by atoms with Crippen LogP contribution in [0.15, 0.2) is 42.6 Å². The van der Waals surface area contributed by atoms with Crippen LogP contribution in [-0.2, 0) is 19.1 Å². The predicted octanol–water partition coefficient (Wildman–Crippen LogP) is 4.00. The Labute approximate surface area is 206 Å². The first kappa shape index (κ1) is 31.2. The number of phenolic OH excluding ortho intramolecular Hbond substituents is 1. The summed E-state index contributed by atoms with van der Waals surface area (Å²) in [6, 6.07) is 10.2. The van der Waals surface area contributed by atoms with Gasteiger partial charge in [-0.05, 0) is 25.0 Å². The normalized spacial score (nSPS) is 10.3. The smallest absolute Gasteiger partial charge is 0.305 e. The number of benzene rings is 1. The average molecular weight is 493 g/mol. The molecule has 35 heavy (non-hydrogen) atoms. The molecule has 194 valence electrons. The van der Waals surface area contributed by atoms with Crippen LogP contribution in [0, 0.1) is 0 Å². The molecule has 1 aromatic heterocycles. The highest BCUT2D eigenvalue weighted by molar-refractivity contribution is 5.94. The first-order valence-electron chi connectivity index (χ1n) is 11.2. The molecule has 2 rings (SSSR count). The molecule has 3 N–H and O–H groups in total. The third-order valence-electron chi connectivity index (χ3n) is 4.20. The number of carbonyl (C=O) groups excluding carboxylic acids is 3. The maximum Gasteiger partial charge on any atom is 0.305 e. The molecular formula is C25H36N2O8. The number of nitrogens with zero attached hydrogens (tertiary/aromatic N) is 1. The Kier molecular flexibility index (Phi) is 16.6. The maximum atomic E-state index is 11.1. The molecule has 0 saturated heterocycles. The van der Waals surface area contributed by atoms with E-state index in [0.717, 1.165) is 19.3 Å². The molecule has 0 fully saturated rings. The Hall–Kier alpha value is -3.82. The Morgan fingerprint density at radius 1 is 1.09 bits per heavy atom. The maximum absolute atomic E-state index is 11.1. The van der Waals surface area contributed by atoms with Crippen molar-refractivity contribution >= 4 is 17.8 Å². The van der Waals surface area contributed by atoms with Gasteiger partial charge in [-0.3, -0.25) is 14.4 Å². The molecule has 2 aromatic rings. The lowest BCUT2D eigenvalue weighted by atomic mass is 10.1. The van der Waals surface area contributed by atoms with Crippen LogP contribution in [-0.4, -0.2) is 47.9 Å². The number of phenols is 1. The number of primary amides is 1. The lowest BCUT2D eigenvalue weighted by Crippen LogP contribution is -2.17. The first-order valence-corrected chi connectivity index (χ1v) is 11.2. The van der Waals surface area contributed by atoms with Crippen molar-refractivity contribution in [2.45, 2.75) is 59.5 Å². The van der Waals surface area contributed by atoms with E-state index in [2.05, 4.69) is 16.6 Å². The SMILES string of the molecule is CCCC(CC)OC(=O)CC.COc1ccnc(C(N)=O)c1OCOC(C)=O.Oc1ccccc1. The summed E-state index contributed by atoms with van der Waals surface area (Å²) in [4.78, 5) is 36.3. The van der Waals surface area contributed by atoms with Crippen molar-refractivity contribution in [3.05, 3.63) is 48.3 Å². The Morgan fingerprint density at radius 3 is 2.17 bits per heavy atom. The van der Waals surface area contributed by atoms with Gasteiger partial charge in [0.25, 0.3) is 5.91 Å². The van der Waals surface area contributed by atoms with Crippen molar-refractivity contribution in [1.29, 1.82) is 0 Å². The van der Waals surface area contributed by atoms with Gasteiger partial charge in [0.15, 0.2) is 17.2 Å². The topological polar surface area (TPSA) is 147 Å². The second-order valence-corrected chi connectivity index (χ2v) is 6.95. The van der Waals surface area contributed by atoms with E-state index in [-0.39, 0.29) is 36.1 Å². The Balaban J connectivity index is 0.000000548. The number of ether oxygens (including phenoxy) is 4. The molecule has 1 atom stereocenters. The largest absolute Gasteiger partial charge is 0.508 e. The minimum Gasteiger partial charge on any atom is -0.508 e. The molecule has 10 nitrogen and oxygen atoms in total. The fourth-order valence-electron chi connectivity index (χ4n) is 2.44. The van der Waals surface area contributed by atoms with E-state index in [0.29, 0.717) is 12.2 Å². The molecule has 0 bridgehead atoms. The van der Waals surface area contributed by atoms with Crippen molar-refractivity contribution in [2.24, 2.45) is 5.73 Å². The third-order valence-corrected chi connectivity index (χ3v) is 4.20. The zero-order chi connectivity index (χ0) is 26.6. The molecule has 1 unspecified atom stereocenters. The molecule has 0 radical (unpaired) electrons. The van der Waals surface area contributed by atoms with Crippen LogP contribution in [0.3, 0.4) is 0 Å². The van der Waals surface area contributed by atoms with Crippen LogP contribution in [0.5, 0.6) is 17.2 Å². The van der Waals surface area contributed by atoms with Crippen molar-refractivity contribution in [1.82, 2.24) is 4.98 Å².